The molecular weight excluding hydrogens is 266 g/mol. The average Bonchev–Trinajstić information content (AvgIpc) is 2.99. The molecule has 1 heterocycles. The fourth-order valence-corrected chi connectivity index (χ4v) is 2.29. The van der Waals surface area contributed by atoms with Crippen LogP contribution in [0.15, 0.2) is 36.4 Å². The summed E-state index contributed by atoms with van der Waals surface area (Å²) in [6.07, 6.45) is 1.04. The number of hydrogen-bond acceptors (Lipinski definition) is 4. The molecule has 2 N–H and O–H groups in total. The molecule has 1 aliphatic heterocycles. The van der Waals surface area contributed by atoms with E-state index in [4.69, 9.17) is 19.9 Å². The minimum absolute atomic E-state index is 0.251. The molecule has 0 amide bonds. The monoisotopic (exact) mass is 285 g/mol. The van der Waals surface area contributed by atoms with E-state index in [1.54, 1.807) is 0 Å². The summed E-state index contributed by atoms with van der Waals surface area (Å²) in [6, 6.07) is 12.2. The van der Waals surface area contributed by atoms with E-state index >= 15 is 0 Å². The minimum Gasteiger partial charge on any atom is -0.488 e. The zero-order valence-corrected chi connectivity index (χ0v) is 12.1. The third-order valence-electron chi connectivity index (χ3n) is 3.60. The second kappa shape index (κ2) is 6.06. The first kappa shape index (κ1) is 13.8. The summed E-state index contributed by atoms with van der Waals surface area (Å²) in [4.78, 5) is 0. The topological polar surface area (TPSA) is 53.7 Å². The predicted molar refractivity (Wildman–Crippen MR) is 80.6 cm³/mol. The average molecular weight is 285 g/mol. The van der Waals surface area contributed by atoms with Gasteiger partial charge < -0.3 is 19.9 Å². The van der Waals surface area contributed by atoms with Crippen molar-refractivity contribution in [2.24, 2.45) is 5.73 Å². The van der Waals surface area contributed by atoms with E-state index < -0.39 is 0 Å². The number of hydrogen-bond donors (Lipinski definition) is 1. The third-order valence-corrected chi connectivity index (χ3v) is 3.60. The van der Waals surface area contributed by atoms with Crippen LogP contribution in [0, 0.1) is 0 Å². The number of fused-ring (bicyclic) bond motifs is 1. The van der Waals surface area contributed by atoms with Crippen molar-refractivity contribution in [2.45, 2.75) is 26.5 Å². The summed E-state index contributed by atoms with van der Waals surface area (Å²) < 4.78 is 16.6. The van der Waals surface area contributed by atoms with Crippen LogP contribution in [-0.2, 0) is 19.6 Å². The summed E-state index contributed by atoms with van der Waals surface area (Å²) in [7, 11) is 0. The van der Waals surface area contributed by atoms with E-state index in [1.807, 2.05) is 12.1 Å². The highest BCUT2D eigenvalue weighted by atomic mass is 16.7. The zero-order valence-electron chi connectivity index (χ0n) is 12.1. The number of benzene rings is 2. The first-order chi connectivity index (χ1) is 10.3. The van der Waals surface area contributed by atoms with Crippen LogP contribution in [0.5, 0.6) is 17.2 Å². The molecule has 0 aromatic heterocycles. The van der Waals surface area contributed by atoms with Gasteiger partial charge in [0.05, 0.1) is 0 Å². The van der Waals surface area contributed by atoms with Gasteiger partial charge in [-0.3, -0.25) is 0 Å². The molecule has 0 saturated heterocycles. The summed E-state index contributed by atoms with van der Waals surface area (Å²) in [5, 5.41) is 0. The fourth-order valence-electron chi connectivity index (χ4n) is 2.29. The van der Waals surface area contributed by atoms with E-state index in [2.05, 4.69) is 31.2 Å². The lowest BCUT2D eigenvalue weighted by Crippen LogP contribution is -2.03. The molecule has 0 spiro atoms. The van der Waals surface area contributed by atoms with Gasteiger partial charge in [0.1, 0.15) is 12.4 Å². The van der Waals surface area contributed by atoms with Gasteiger partial charge in [-0.1, -0.05) is 31.2 Å². The maximum atomic E-state index is 5.90. The molecule has 2 aromatic carbocycles. The standard InChI is InChI=1S/C17H19NO3/c1-2-12-3-5-13(6-4-12)10-19-15-8-17-16(20-11-21-17)7-14(15)9-18/h3-8H,2,9-11,18H2,1H3. The highest BCUT2D eigenvalue weighted by molar-refractivity contribution is 5.51. The summed E-state index contributed by atoms with van der Waals surface area (Å²) >= 11 is 0. The van der Waals surface area contributed by atoms with Crippen LogP contribution in [0.2, 0.25) is 0 Å². The molecule has 0 unspecified atom stereocenters. The van der Waals surface area contributed by atoms with Crippen molar-refractivity contribution in [3.05, 3.63) is 53.1 Å². The highest BCUT2D eigenvalue weighted by Gasteiger charge is 2.17. The Morgan fingerprint density at radius 1 is 1.05 bits per heavy atom. The largest absolute Gasteiger partial charge is 0.488 e. The van der Waals surface area contributed by atoms with Crippen molar-refractivity contribution in [1.29, 1.82) is 0 Å². The van der Waals surface area contributed by atoms with Crippen LogP contribution in [-0.4, -0.2) is 6.79 Å². The Balaban J connectivity index is 1.74. The molecule has 110 valence electrons. The smallest absolute Gasteiger partial charge is 0.231 e. The highest BCUT2D eigenvalue weighted by Crippen LogP contribution is 2.38. The number of rotatable bonds is 5. The molecular formula is C17H19NO3. The van der Waals surface area contributed by atoms with E-state index in [-0.39, 0.29) is 6.79 Å². The Bertz CT molecular complexity index is 623. The molecule has 21 heavy (non-hydrogen) atoms. The lowest BCUT2D eigenvalue weighted by atomic mass is 10.1. The van der Waals surface area contributed by atoms with Crippen molar-refractivity contribution >= 4 is 0 Å². The van der Waals surface area contributed by atoms with Crippen LogP contribution in [0.3, 0.4) is 0 Å². The molecule has 0 aliphatic carbocycles. The second-order valence-electron chi connectivity index (χ2n) is 4.98. The summed E-state index contributed by atoms with van der Waals surface area (Å²) in [6.45, 7) is 3.31. The Morgan fingerprint density at radius 2 is 1.71 bits per heavy atom. The molecule has 1 aliphatic rings. The zero-order chi connectivity index (χ0) is 14.7. The maximum absolute atomic E-state index is 5.90. The third kappa shape index (κ3) is 2.95. The summed E-state index contributed by atoms with van der Waals surface area (Å²) in [5.41, 5.74) is 9.15. The Kier molecular flexibility index (Phi) is 3.97. The SMILES string of the molecule is CCc1ccc(COc2cc3c(cc2CN)OCO3)cc1. The van der Waals surface area contributed by atoms with Crippen LogP contribution in [0.4, 0.5) is 0 Å². The van der Waals surface area contributed by atoms with Crippen molar-refractivity contribution < 1.29 is 14.2 Å². The molecule has 0 bridgehead atoms. The van der Waals surface area contributed by atoms with Gasteiger partial charge in [-0.05, 0) is 23.6 Å². The van der Waals surface area contributed by atoms with Gasteiger partial charge in [0.15, 0.2) is 11.5 Å². The van der Waals surface area contributed by atoms with E-state index in [0.717, 1.165) is 29.0 Å². The molecule has 0 atom stereocenters. The first-order valence-corrected chi connectivity index (χ1v) is 7.13. The Morgan fingerprint density at radius 3 is 2.38 bits per heavy atom. The van der Waals surface area contributed by atoms with Gasteiger partial charge in [-0.15, -0.1) is 0 Å². The van der Waals surface area contributed by atoms with E-state index in [1.165, 1.54) is 5.56 Å². The lowest BCUT2D eigenvalue weighted by molar-refractivity contribution is 0.173. The van der Waals surface area contributed by atoms with Crippen LogP contribution in [0.1, 0.15) is 23.6 Å². The quantitative estimate of drug-likeness (QED) is 0.917. The first-order valence-electron chi connectivity index (χ1n) is 7.13. The van der Waals surface area contributed by atoms with Gasteiger partial charge in [0.25, 0.3) is 0 Å². The van der Waals surface area contributed by atoms with Crippen LogP contribution < -0.4 is 19.9 Å². The van der Waals surface area contributed by atoms with Gasteiger partial charge in [0, 0.05) is 18.2 Å². The van der Waals surface area contributed by atoms with Crippen molar-refractivity contribution in [3.63, 3.8) is 0 Å². The molecule has 0 saturated carbocycles. The molecule has 2 aromatic rings. The molecule has 4 heteroatoms. The normalized spacial score (nSPS) is 12.5. The maximum Gasteiger partial charge on any atom is 0.231 e. The van der Waals surface area contributed by atoms with E-state index in [0.29, 0.717) is 18.9 Å². The lowest BCUT2D eigenvalue weighted by Gasteiger charge is -2.12. The fraction of sp³-hybridized carbons (Fsp3) is 0.294. The van der Waals surface area contributed by atoms with Crippen molar-refractivity contribution in [1.82, 2.24) is 0 Å². The minimum atomic E-state index is 0.251. The molecule has 0 radical (unpaired) electrons. The molecule has 3 rings (SSSR count). The molecule has 0 fully saturated rings. The number of ether oxygens (including phenoxy) is 3. The van der Waals surface area contributed by atoms with Crippen molar-refractivity contribution in [2.75, 3.05) is 6.79 Å². The molecule has 4 nitrogen and oxygen atoms in total. The van der Waals surface area contributed by atoms with Gasteiger partial charge >= 0.3 is 0 Å². The second-order valence-corrected chi connectivity index (χ2v) is 4.98. The predicted octanol–water partition coefficient (Wildman–Crippen LogP) is 3.02. The number of nitrogens with two attached hydrogens (primary N) is 1. The van der Waals surface area contributed by atoms with Crippen LogP contribution >= 0.6 is 0 Å². The van der Waals surface area contributed by atoms with Crippen LogP contribution in [0.25, 0.3) is 0 Å². The number of aryl methyl sites for hydroxylation is 1. The van der Waals surface area contributed by atoms with Gasteiger partial charge in [-0.2, -0.15) is 0 Å². The Labute approximate surface area is 124 Å². The summed E-state index contributed by atoms with van der Waals surface area (Å²) in [5.74, 6) is 2.19. The van der Waals surface area contributed by atoms with E-state index in [9.17, 15) is 0 Å². The van der Waals surface area contributed by atoms with Gasteiger partial charge in [-0.25, -0.2) is 0 Å². The van der Waals surface area contributed by atoms with Crippen molar-refractivity contribution in [3.8, 4) is 17.2 Å². The van der Waals surface area contributed by atoms with Gasteiger partial charge in [0.2, 0.25) is 6.79 Å². The Hall–Kier alpha value is -2.20.